The number of amides is 1. The quantitative estimate of drug-likeness (QED) is 0.749. The van der Waals surface area contributed by atoms with Crippen LogP contribution < -0.4 is 5.32 Å². The molecule has 1 heterocycles. The van der Waals surface area contributed by atoms with E-state index in [4.69, 9.17) is 4.74 Å². The summed E-state index contributed by atoms with van der Waals surface area (Å²) in [5.74, 6) is 1.70. The largest absolute Gasteiger partial charge is 0.379 e. The molecule has 0 aromatic rings. The van der Waals surface area contributed by atoms with E-state index >= 15 is 0 Å². The molecule has 2 rings (SSSR count). The van der Waals surface area contributed by atoms with Crippen LogP contribution in [0.2, 0.25) is 0 Å². The Kier molecular flexibility index (Phi) is 7.67. The molecular formula is C18H34N2O2. The van der Waals surface area contributed by atoms with Gasteiger partial charge in [0.15, 0.2) is 0 Å². The summed E-state index contributed by atoms with van der Waals surface area (Å²) in [5, 5.41) is 3.19. The molecule has 22 heavy (non-hydrogen) atoms. The van der Waals surface area contributed by atoms with E-state index in [9.17, 15) is 4.79 Å². The van der Waals surface area contributed by atoms with Crippen LogP contribution in [0.1, 0.15) is 58.8 Å². The van der Waals surface area contributed by atoms with Gasteiger partial charge in [-0.2, -0.15) is 0 Å². The number of nitrogens with zero attached hydrogens (tertiary/aromatic N) is 1. The van der Waals surface area contributed by atoms with Crippen molar-refractivity contribution in [3.63, 3.8) is 0 Å². The van der Waals surface area contributed by atoms with Crippen LogP contribution >= 0.6 is 0 Å². The monoisotopic (exact) mass is 310 g/mol. The van der Waals surface area contributed by atoms with E-state index in [0.29, 0.717) is 18.4 Å². The first-order chi connectivity index (χ1) is 10.6. The minimum absolute atomic E-state index is 0.244. The second-order valence-corrected chi connectivity index (χ2v) is 7.42. The average molecular weight is 310 g/mol. The van der Waals surface area contributed by atoms with Crippen molar-refractivity contribution in [2.45, 2.75) is 64.8 Å². The summed E-state index contributed by atoms with van der Waals surface area (Å²) in [6.07, 6.45) is 8.32. The standard InChI is InChI=1S/C18H34N2O2/c1-15(2)13-17(20-9-11-22-12-10-20)14-19-18(21)8-7-16-5-3-4-6-16/h15-17H,3-14H2,1-2H3,(H,19,21). The van der Waals surface area contributed by atoms with Gasteiger partial charge in [-0.25, -0.2) is 0 Å². The summed E-state index contributed by atoms with van der Waals surface area (Å²) in [5.41, 5.74) is 0. The summed E-state index contributed by atoms with van der Waals surface area (Å²) in [7, 11) is 0. The third kappa shape index (κ3) is 6.25. The maximum Gasteiger partial charge on any atom is 0.220 e. The van der Waals surface area contributed by atoms with Crippen molar-refractivity contribution in [1.29, 1.82) is 0 Å². The molecule has 0 radical (unpaired) electrons. The first kappa shape index (κ1) is 17.7. The van der Waals surface area contributed by atoms with E-state index in [2.05, 4.69) is 24.1 Å². The van der Waals surface area contributed by atoms with Gasteiger partial charge in [0.05, 0.1) is 13.2 Å². The molecular weight excluding hydrogens is 276 g/mol. The van der Waals surface area contributed by atoms with Gasteiger partial charge in [0.25, 0.3) is 0 Å². The van der Waals surface area contributed by atoms with Gasteiger partial charge in [-0.15, -0.1) is 0 Å². The first-order valence-corrected chi connectivity index (χ1v) is 9.23. The molecule has 2 aliphatic rings. The Morgan fingerprint density at radius 3 is 2.55 bits per heavy atom. The smallest absolute Gasteiger partial charge is 0.220 e. The van der Waals surface area contributed by atoms with Crippen LogP contribution in [-0.2, 0) is 9.53 Å². The molecule has 128 valence electrons. The molecule has 1 N–H and O–H groups in total. The molecule has 1 aliphatic carbocycles. The minimum Gasteiger partial charge on any atom is -0.379 e. The number of hydrogen-bond acceptors (Lipinski definition) is 3. The highest BCUT2D eigenvalue weighted by atomic mass is 16.5. The summed E-state index contributed by atoms with van der Waals surface area (Å²) >= 11 is 0. The molecule has 1 atom stereocenters. The Labute approximate surface area is 136 Å². The topological polar surface area (TPSA) is 41.6 Å². The van der Waals surface area contributed by atoms with Gasteiger partial charge in [0, 0.05) is 32.1 Å². The lowest BCUT2D eigenvalue weighted by atomic mass is 10.0. The fraction of sp³-hybridized carbons (Fsp3) is 0.944. The van der Waals surface area contributed by atoms with Crippen molar-refractivity contribution in [2.75, 3.05) is 32.8 Å². The molecule has 0 bridgehead atoms. The molecule has 1 unspecified atom stereocenters. The molecule has 0 aromatic heterocycles. The van der Waals surface area contributed by atoms with E-state index in [1.54, 1.807) is 0 Å². The van der Waals surface area contributed by atoms with Crippen molar-refractivity contribution < 1.29 is 9.53 Å². The average Bonchev–Trinajstić information content (AvgIpc) is 3.03. The highest BCUT2D eigenvalue weighted by molar-refractivity contribution is 5.75. The van der Waals surface area contributed by atoms with E-state index < -0.39 is 0 Å². The van der Waals surface area contributed by atoms with Gasteiger partial charge < -0.3 is 10.1 Å². The Hall–Kier alpha value is -0.610. The minimum atomic E-state index is 0.244. The molecule has 1 saturated carbocycles. The number of carbonyl (C=O) groups excluding carboxylic acids is 1. The SMILES string of the molecule is CC(C)CC(CNC(=O)CCC1CCCC1)N1CCOCC1. The second kappa shape index (κ2) is 9.51. The van der Waals surface area contributed by atoms with Crippen LogP contribution in [0.15, 0.2) is 0 Å². The van der Waals surface area contributed by atoms with E-state index in [1.165, 1.54) is 25.7 Å². The lowest BCUT2D eigenvalue weighted by Gasteiger charge is -2.35. The third-order valence-corrected chi connectivity index (χ3v) is 5.09. The second-order valence-electron chi connectivity index (χ2n) is 7.42. The summed E-state index contributed by atoms with van der Waals surface area (Å²) in [6.45, 7) is 8.95. The van der Waals surface area contributed by atoms with Crippen molar-refractivity contribution in [1.82, 2.24) is 10.2 Å². The Bertz CT molecular complexity index is 321. The summed E-state index contributed by atoms with van der Waals surface area (Å²) in [6, 6.07) is 0.458. The van der Waals surface area contributed by atoms with Gasteiger partial charge in [0.2, 0.25) is 5.91 Å². The molecule has 0 spiro atoms. The number of hydrogen-bond donors (Lipinski definition) is 1. The molecule has 1 saturated heterocycles. The highest BCUT2D eigenvalue weighted by Gasteiger charge is 2.22. The maximum absolute atomic E-state index is 12.1. The number of ether oxygens (including phenoxy) is 1. The lowest BCUT2D eigenvalue weighted by molar-refractivity contribution is -0.121. The molecule has 1 aliphatic heterocycles. The van der Waals surface area contributed by atoms with Crippen LogP contribution in [0.25, 0.3) is 0 Å². The van der Waals surface area contributed by atoms with Gasteiger partial charge in [0.1, 0.15) is 0 Å². The zero-order chi connectivity index (χ0) is 15.8. The highest BCUT2D eigenvalue weighted by Crippen LogP contribution is 2.28. The Morgan fingerprint density at radius 2 is 1.91 bits per heavy atom. The van der Waals surface area contributed by atoms with E-state index in [0.717, 1.165) is 51.6 Å². The lowest BCUT2D eigenvalue weighted by Crippen LogP contribution is -2.49. The van der Waals surface area contributed by atoms with Crippen molar-refractivity contribution in [3.05, 3.63) is 0 Å². The molecule has 4 heteroatoms. The van der Waals surface area contributed by atoms with Gasteiger partial charge in [-0.05, 0) is 24.7 Å². The normalized spacial score (nSPS) is 22.1. The number of rotatable bonds is 8. The summed E-state index contributed by atoms with van der Waals surface area (Å²) < 4.78 is 5.45. The fourth-order valence-electron chi connectivity index (χ4n) is 3.80. The number of morpholine rings is 1. The summed E-state index contributed by atoms with van der Waals surface area (Å²) in [4.78, 5) is 14.6. The van der Waals surface area contributed by atoms with Crippen LogP contribution in [0.5, 0.6) is 0 Å². The zero-order valence-electron chi connectivity index (χ0n) is 14.5. The van der Waals surface area contributed by atoms with E-state index in [-0.39, 0.29) is 5.91 Å². The molecule has 2 fully saturated rings. The Morgan fingerprint density at radius 1 is 1.23 bits per heavy atom. The predicted octanol–water partition coefficient (Wildman–Crippen LogP) is 2.82. The zero-order valence-corrected chi connectivity index (χ0v) is 14.5. The fourth-order valence-corrected chi connectivity index (χ4v) is 3.80. The molecule has 1 amide bonds. The van der Waals surface area contributed by atoms with Crippen LogP contribution in [-0.4, -0.2) is 49.7 Å². The van der Waals surface area contributed by atoms with Gasteiger partial charge in [-0.1, -0.05) is 39.5 Å². The van der Waals surface area contributed by atoms with Crippen molar-refractivity contribution in [3.8, 4) is 0 Å². The molecule has 4 nitrogen and oxygen atoms in total. The van der Waals surface area contributed by atoms with Crippen molar-refractivity contribution >= 4 is 5.91 Å². The Balaban J connectivity index is 1.70. The first-order valence-electron chi connectivity index (χ1n) is 9.23. The van der Waals surface area contributed by atoms with Crippen LogP contribution in [0.4, 0.5) is 0 Å². The van der Waals surface area contributed by atoms with E-state index in [1.807, 2.05) is 0 Å². The molecule has 0 aromatic carbocycles. The number of nitrogens with one attached hydrogen (secondary N) is 1. The number of carbonyl (C=O) groups is 1. The maximum atomic E-state index is 12.1. The van der Waals surface area contributed by atoms with Crippen LogP contribution in [0.3, 0.4) is 0 Å². The van der Waals surface area contributed by atoms with Crippen molar-refractivity contribution in [2.24, 2.45) is 11.8 Å². The van der Waals surface area contributed by atoms with Gasteiger partial charge in [-0.3, -0.25) is 9.69 Å². The predicted molar refractivity (Wildman–Crippen MR) is 89.8 cm³/mol. The van der Waals surface area contributed by atoms with Crippen LogP contribution in [0, 0.1) is 11.8 Å². The van der Waals surface area contributed by atoms with Gasteiger partial charge >= 0.3 is 0 Å². The third-order valence-electron chi connectivity index (χ3n) is 5.09.